The summed E-state index contributed by atoms with van der Waals surface area (Å²) < 4.78 is 26.7. The molecule has 5 nitrogen and oxygen atoms in total. The van der Waals surface area contributed by atoms with Crippen LogP contribution >= 0.6 is 0 Å². The Kier molecular flexibility index (Phi) is 4.07. The fourth-order valence-electron chi connectivity index (χ4n) is 3.88. The van der Waals surface area contributed by atoms with Gasteiger partial charge < -0.3 is 14.0 Å². The maximum absolute atomic E-state index is 13.8. The maximum atomic E-state index is 13.8. The summed E-state index contributed by atoms with van der Waals surface area (Å²) >= 11 is 0. The molecule has 2 atom stereocenters. The molecule has 1 saturated carbocycles. The Morgan fingerprint density at radius 1 is 1.48 bits per heavy atom. The summed E-state index contributed by atoms with van der Waals surface area (Å²) in [6.45, 7) is 2.75. The number of hydrogen-bond donors (Lipinski definition) is 0. The van der Waals surface area contributed by atoms with Crippen LogP contribution in [0.1, 0.15) is 49.1 Å². The fraction of sp³-hybridized carbons (Fsp3) is 0.474. The van der Waals surface area contributed by atoms with Gasteiger partial charge in [0.15, 0.2) is 5.69 Å². The van der Waals surface area contributed by atoms with Crippen molar-refractivity contribution in [1.82, 2.24) is 9.55 Å². The Balaban J connectivity index is 1.83. The smallest absolute Gasteiger partial charge is 0.359 e. The molecule has 4 rings (SSSR count). The Morgan fingerprint density at radius 2 is 2.32 bits per heavy atom. The van der Waals surface area contributed by atoms with Crippen molar-refractivity contribution in [1.29, 1.82) is 0 Å². The van der Waals surface area contributed by atoms with E-state index in [1.165, 1.54) is 12.1 Å². The number of ether oxygens (including phenoxy) is 2. The van der Waals surface area contributed by atoms with E-state index < -0.39 is 5.97 Å². The van der Waals surface area contributed by atoms with Gasteiger partial charge in [0.05, 0.1) is 31.3 Å². The van der Waals surface area contributed by atoms with Crippen molar-refractivity contribution in [3.63, 3.8) is 0 Å². The highest BCUT2D eigenvalue weighted by Gasteiger charge is 2.54. The Labute approximate surface area is 145 Å². The van der Waals surface area contributed by atoms with E-state index in [0.717, 1.165) is 32.3 Å². The van der Waals surface area contributed by atoms with Crippen LogP contribution in [-0.2, 0) is 9.47 Å². The number of carbonyl (C=O) groups is 1. The molecule has 0 bridgehead atoms. The molecule has 2 heterocycles. The Hall–Kier alpha value is -2.21. The monoisotopic (exact) mass is 344 g/mol. The van der Waals surface area contributed by atoms with Crippen LogP contribution in [0.4, 0.5) is 4.39 Å². The van der Waals surface area contributed by atoms with E-state index in [1.807, 2.05) is 4.57 Å². The molecule has 0 unspecified atom stereocenters. The van der Waals surface area contributed by atoms with Gasteiger partial charge in [-0.25, -0.2) is 14.2 Å². The van der Waals surface area contributed by atoms with Crippen LogP contribution in [-0.4, -0.2) is 34.3 Å². The molecule has 1 spiro atoms. The van der Waals surface area contributed by atoms with Crippen LogP contribution < -0.4 is 0 Å². The summed E-state index contributed by atoms with van der Waals surface area (Å²) in [7, 11) is 0. The number of epoxide rings is 1. The number of nitrogens with zero attached hydrogens (tertiary/aromatic N) is 2. The van der Waals surface area contributed by atoms with Gasteiger partial charge >= 0.3 is 5.97 Å². The van der Waals surface area contributed by atoms with Crippen molar-refractivity contribution in [3.05, 3.63) is 42.1 Å². The van der Waals surface area contributed by atoms with E-state index >= 15 is 0 Å². The standard InChI is InChI=1S/C19H21FN2O3/c1-2-24-18(23)16-17(13-6-5-7-14(20)10-13)22(12-21-16)15-8-3-4-9-19(15)11-25-19/h5-7,10,12,15H,2-4,8-9,11H2,1H3/t15-,19-/m1/s1. The number of carbonyl (C=O) groups excluding carboxylic acids is 1. The van der Waals surface area contributed by atoms with Crippen LogP contribution in [0.3, 0.4) is 0 Å². The summed E-state index contributed by atoms with van der Waals surface area (Å²) in [5.74, 6) is -0.830. The van der Waals surface area contributed by atoms with Gasteiger partial charge in [-0.2, -0.15) is 0 Å². The molecule has 0 radical (unpaired) electrons. The summed E-state index contributed by atoms with van der Waals surface area (Å²) in [6.07, 6.45) is 5.89. The van der Waals surface area contributed by atoms with E-state index in [1.54, 1.807) is 25.4 Å². The molecule has 132 valence electrons. The van der Waals surface area contributed by atoms with E-state index in [4.69, 9.17) is 9.47 Å². The SMILES string of the molecule is CCOC(=O)c1ncn([C@@H]2CCCC[C@@]23CO3)c1-c1cccc(F)c1. The zero-order chi connectivity index (χ0) is 17.4. The topological polar surface area (TPSA) is 56.6 Å². The van der Waals surface area contributed by atoms with Crippen molar-refractivity contribution in [2.45, 2.75) is 44.2 Å². The van der Waals surface area contributed by atoms with Gasteiger partial charge in [0.25, 0.3) is 0 Å². The van der Waals surface area contributed by atoms with Crippen LogP contribution in [0, 0.1) is 5.82 Å². The predicted octanol–water partition coefficient (Wildman–Crippen LogP) is 3.75. The second-order valence-corrected chi connectivity index (χ2v) is 6.69. The van der Waals surface area contributed by atoms with Crippen LogP contribution in [0.15, 0.2) is 30.6 Å². The van der Waals surface area contributed by atoms with Crippen LogP contribution in [0.25, 0.3) is 11.3 Å². The van der Waals surface area contributed by atoms with E-state index in [9.17, 15) is 9.18 Å². The molecular formula is C19H21FN2O3. The summed E-state index contributed by atoms with van der Waals surface area (Å²) in [5.41, 5.74) is 1.31. The molecule has 6 heteroatoms. The van der Waals surface area contributed by atoms with Crippen molar-refractivity contribution in [3.8, 4) is 11.3 Å². The van der Waals surface area contributed by atoms with Crippen molar-refractivity contribution in [2.24, 2.45) is 0 Å². The lowest BCUT2D eigenvalue weighted by Gasteiger charge is -2.31. The number of halogens is 1. The normalized spacial score (nSPS) is 25.1. The first kappa shape index (κ1) is 16.3. The third-order valence-corrected chi connectivity index (χ3v) is 5.15. The van der Waals surface area contributed by atoms with Gasteiger partial charge in [0.1, 0.15) is 11.4 Å². The molecule has 1 aliphatic heterocycles. The zero-order valence-electron chi connectivity index (χ0n) is 14.2. The molecule has 2 fully saturated rings. The molecule has 1 saturated heterocycles. The Morgan fingerprint density at radius 3 is 3.04 bits per heavy atom. The minimum Gasteiger partial charge on any atom is -0.461 e. The summed E-state index contributed by atoms with van der Waals surface area (Å²) in [6, 6.07) is 6.36. The second kappa shape index (κ2) is 6.26. The molecule has 0 N–H and O–H groups in total. The molecule has 1 aromatic heterocycles. The molecule has 1 aliphatic carbocycles. The van der Waals surface area contributed by atoms with Crippen molar-refractivity contribution >= 4 is 5.97 Å². The highest BCUT2D eigenvalue weighted by atomic mass is 19.1. The number of esters is 1. The molecule has 2 aromatic rings. The first-order valence-electron chi connectivity index (χ1n) is 8.78. The van der Waals surface area contributed by atoms with Gasteiger partial charge in [-0.05, 0) is 31.9 Å². The fourth-order valence-corrected chi connectivity index (χ4v) is 3.88. The third kappa shape index (κ3) is 2.84. The molecule has 25 heavy (non-hydrogen) atoms. The van der Waals surface area contributed by atoms with Gasteiger partial charge in [-0.3, -0.25) is 0 Å². The first-order valence-corrected chi connectivity index (χ1v) is 8.78. The van der Waals surface area contributed by atoms with Gasteiger partial charge in [0, 0.05) is 5.56 Å². The summed E-state index contributed by atoms with van der Waals surface area (Å²) in [4.78, 5) is 16.7. The summed E-state index contributed by atoms with van der Waals surface area (Å²) in [5, 5.41) is 0. The van der Waals surface area contributed by atoms with Crippen LogP contribution in [0.5, 0.6) is 0 Å². The quantitative estimate of drug-likeness (QED) is 0.626. The average Bonchev–Trinajstić information content (AvgIpc) is 3.22. The number of benzene rings is 1. The highest BCUT2D eigenvalue weighted by Crippen LogP contribution is 2.50. The van der Waals surface area contributed by atoms with Gasteiger partial charge in [-0.1, -0.05) is 25.0 Å². The van der Waals surface area contributed by atoms with Crippen molar-refractivity contribution in [2.75, 3.05) is 13.2 Å². The maximum Gasteiger partial charge on any atom is 0.359 e. The molecule has 2 aliphatic rings. The van der Waals surface area contributed by atoms with Gasteiger partial charge in [-0.15, -0.1) is 0 Å². The highest BCUT2D eigenvalue weighted by molar-refractivity contribution is 5.94. The molecule has 1 aromatic carbocycles. The second-order valence-electron chi connectivity index (χ2n) is 6.69. The first-order chi connectivity index (χ1) is 12.1. The minimum atomic E-state index is -0.484. The predicted molar refractivity (Wildman–Crippen MR) is 89.8 cm³/mol. The Bertz CT molecular complexity index is 798. The number of hydrogen-bond acceptors (Lipinski definition) is 4. The number of aromatic nitrogens is 2. The molecular weight excluding hydrogens is 323 g/mol. The van der Waals surface area contributed by atoms with Gasteiger partial charge in [0.2, 0.25) is 0 Å². The lowest BCUT2D eigenvalue weighted by molar-refractivity contribution is 0.0520. The molecule has 0 amide bonds. The van der Waals surface area contributed by atoms with E-state index in [-0.39, 0.29) is 29.8 Å². The van der Waals surface area contributed by atoms with Crippen molar-refractivity contribution < 1.29 is 18.7 Å². The number of rotatable bonds is 4. The largest absolute Gasteiger partial charge is 0.461 e. The third-order valence-electron chi connectivity index (χ3n) is 5.15. The van der Waals surface area contributed by atoms with E-state index in [0.29, 0.717) is 11.3 Å². The average molecular weight is 344 g/mol. The zero-order valence-corrected chi connectivity index (χ0v) is 14.2. The lowest BCUT2D eigenvalue weighted by Crippen LogP contribution is -2.31. The van der Waals surface area contributed by atoms with E-state index in [2.05, 4.69) is 4.98 Å². The number of imidazole rings is 1. The minimum absolute atomic E-state index is 0.107. The lowest BCUT2D eigenvalue weighted by atomic mass is 9.84. The van der Waals surface area contributed by atoms with Crippen LogP contribution in [0.2, 0.25) is 0 Å².